The van der Waals surface area contributed by atoms with Gasteiger partial charge in [-0.2, -0.15) is 0 Å². The fourth-order valence-corrected chi connectivity index (χ4v) is 3.62. The molecule has 1 aromatic carbocycles. The van der Waals surface area contributed by atoms with Gasteiger partial charge in [-0.05, 0) is 35.6 Å². The Hall–Kier alpha value is -1.03. The minimum Gasteiger partial charge on any atom is -0.492 e. The maximum absolute atomic E-state index is 12.6. The first-order valence-electron chi connectivity index (χ1n) is 5.81. The van der Waals surface area contributed by atoms with Gasteiger partial charge in [0.2, 0.25) is 5.78 Å². The van der Waals surface area contributed by atoms with Crippen molar-refractivity contribution in [3.63, 3.8) is 0 Å². The highest BCUT2D eigenvalue weighted by Crippen LogP contribution is 2.37. The summed E-state index contributed by atoms with van der Waals surface area (Å²) < 4.78 is 5.56. The maximum Gasteiger partial charge on any atom is 0.208 e. The summed E-state index contributed by atoms with van der Waals surface area (Å²) in [6, 6.07) is 3.50. The quantitative estimate of drug-likeness (QED) is 0.762. The lowest BCUT2D eigenvalue weighted by Crippen LogP contribution is -2.02. The highest BCUT2D eigenvalue weighted by Gasteiger charge is 2.25. The number of ketones is 1. The van der Waals surface area contributed by atoms with Gasteiger partial charge in [0.25, 0.3) is 0 Å². The average molecular weight is 313 g/mol. The van der Waals surface area contributed by atoms with E-state index in [1.54, 1.807) is 6.07 Å². The van der Waals surface area contributed by atoms with Gasteiger partial charge in [0.1, 0.15) is 5.75 Å². The van der Waals surface area contributed by atoms with Gasteiger partial charge in [-0.3, -0.25) is 4.79 Å². The van der Waals surface area contributed by atoms with Crippen LogP contribution in [0.4, 0.5) is 0 Å². The van der Waals surface area contributed by atoms with E-state index < -0.39 is 0 Å². The molecule has 2 nitrogen and oxygen atoms in total. The van der Waals surface area contributed by atoms with Crippen LogP contribution in [0, 0.1) is 6.92 Å². The van der Waals surface area contributed by atoms with Gasteiger partial charge >= 0.3 is 0 Å². The minimum absolute atomic E-state index is 0.122. The molecule has 0 fully saturated rings. The number of ether oxygens (including phenoxy) is 1. The molecule has 0 amide bonds. The molecule has 0 N–H and O–H groups in total. The molecule has 0 radical (unpaired) electrons. The van der Waals surface area contributed by atoms with Crippen molar-refractivity contribution in [2.75, 3.05) is 6.61 Å². The summed E-state index contributed by atoms with van der Waals surface area (Å²) in [4.78, 5) is 13.1. The number of rotatable bonds is 2. The summed E-state index contributed by atoms with van der Waals surface area (Å²) in [5.74, 6) is 0.528. The minimum atomic E-state index is -0.122. The van der Waals surface area contributed by atoms with E-state index >= 15 is 0 Å². The van der Waals surface area contributed by atoms with E-state index in [1.165, 1.54) is 11.3 Å². The Bertz CT molecular complexity index is 676. The van der Waals surface area contributed by atoms with Crippen LogP contribution in [0.3, 0.4) is 0 Å². The SMILES string of the molecule is Cc1csc(C(=O)c2cc(Cl)cc3c2OCC3)c1Cl. The van der Waals surface area contributed by atoms with Gasteiger partial charge in [-0.15, -0.1) is 11.3 Å². The molecule has 0 spiro atoms. The summed E-state index contributed by atoms with van der Waals surface area (Å²) in [7, 11) is 0. The molecule has 3 rings (SSSR count). The molecule has 2 heterocycles. The van der Waals surface area contributed by atoms with Crippen molar-refractivity contribution in [3.05, 3.63) is 49.1 Å². The second kappa shape index (κ2) is 4.82. The van der Waals surface area contributed by atoms with E-state index in [0.29, 0.717) is 32.8 Å². The molecule has 1 aliphatic heterocycles. The van der Waals surface area contributed by atoms with Crippen LogP contribution in [-0.4, -0.2) is 12.4 Å². The number of aryl methyl sites for hydroxylation is 1. The third-order valence-electron chi connectivity index (χ3n) is 3.10. The summed E-state index contributed by atoms with van der Waals surface area (Å²) in [6.07, 6.45) is 0.785. The van der Waals surface area contributed by atoms with Crippen LogP contribution in [0.1, 0.15) is 26.4 Å². The molecule has 5 heteroatoms. The molecule has 0 bridgehead atoms. The first kappa shape index (κ1) is 13.0. The summed E-state index contributed by atoms with van der Waals surface area (Å²) in [5.41, 5.74) is 2.40. The first-order chi connectivity index (χ1) is 9.08. The summed E-state index contributed by atoms with van der Waals surface area (Å²) in [5, 5.41) is 2.94. The van der Waals surface area contributed by atoms with Crippen LogP contribution < -0.4 is 4.74 Å². The fraction of sp³-hybridized carbons (Fsp3) is 0.214. The largest absolute Gasteiger partial charge is 0.492 e. The van der Waals surface area contributed by atoms with Crippen LogP contribution in [0.2, 0.25) is 10.0 Å². The number of carbonyl (C=O) groups excluding carboxylic acids is 1. The zero-order valence-electron chi connectivity index (χ0n) is 10.1. The normalized spacial score (nSPS) is 13.2. The predicted molar refractivity (Wildman–Crippen MR) is 78.1 cm³/mol. The zero-order valence-corrected chi connectivity index (χ0v) is 12.5. The van der Waals surface area contributed by atoms with E-state index in [9.17, 15) is 4.79 Å². The topological polar surface area (TPSA) is 26.3 Å². The number of benzene rings is 1. The number of hydrogen-bond donors (Lipinski definition) is 0. The lowest BCUT2D eigenvalue weighted by molar-refractivity contribution is 0.103. The molecule has 1 aromatic heterocycles. The van der Waals surface area contributed by atoms with Gasteiger partial charge in [-0.1, -0.05) is 23.2 Å². The number of fused-ring (bicyclic) bond motifs is 1. The molecule has 0 aliphatic carbocycles. The number of thiophene rings is 1. The molecular formula is C14H10Cl2O2S. The highest BCUT2D eigenvalue weighted by molar-refractivity contribution is 7.13. The van der Waals surface area contributed by atoms with Crippen molar-refractivity contribution in [1.29, 1.82) is 0 Å². The van der Waals surface area contributed by atoms with Crippen molar-refractivity contribution < 1.29 is 9.53 Å². The lowest BCUT2D eigenvalue weighted by atomic mass is 10.0. The van der Waals surface area contributed by atoms with E-state index in [0.717, 1.165) is 17.5 Å². The highest BCUT2D eigenvalue weighted by atomic mass is 35.5. The van der Waals surface area contributed by atoms with E-state index in [4.69, 9.17) is 27.9 Å². The molecule has 1 aliphatic rings. The summed E-state index contributed by atoms with van der Waals surface area (Å²) in [6.45, 7) is 2.47. The van der Waals surface area contributed by atoms with Crippen LogP contribution in [0.25, 0.3) is 0 Å². The molecule has 2 aromatic rings. The smallest absolute Gasteiger partial charge is 0.208 e. The van der Waals surface area contributed by atoms with Gasteiger partial charge in [0.15, 0.2) is 0 Å². The second-order valence-corrected chi connectivity index (χ2v) is 6.13. The Kier molecular flexibility index (Phi) is 3.29. The monoisotopic (exact) mass is 312 g/mol. The first-order valence-corrected chi connectivity index (χ1v) is 7.45. The zero-order chi connectivity index (χ0) is 13.6. The Balaban J connectivity index is 2.13. The third kappa shape index (κ3) is 2.16. The predicted octanol–water partition coefficient (Wildman–Crippen LogP) is 4.53. The fourth-order valence-electron chi connectivity index (χ4n) is 2.14. The van der Waals surface area contributed by atoms with Gasteiger partial charge in [-0.25, -0.2) is 0 Å². The lowest BCUT2D eigenvalue weighted by Gasteiger charge is -2.07. The van der Waals surface area contributed by atoms with Crippen LogP contribution >= 0.6 is 34.5 Å². The Morgan fingerprint density at radius 3 is 2.84 bits per heavy atom. The van der Waals surface area contributed by atoms with Crippen LogP contribution in [0.15, 0.2) is 17.5 Å². The number of hydrogen-bond acceptors (Lipinski definition) is 3. The van der Waals surface area contributed by atoms with Crippen LogP contribution in [0.5, 0.6) is 5.75 Å². The van der Waals surface area contributed by atoms with Crippen molar-refractivity contribution in [3.8, 4) is 5.75 Å². The van der Waals surface area contributed by atoms with Gasteiger partial charge in [0.05, 0.1) is 22.1 Å². The molecule has 0 atom stereocenters. The second-order valence-electron chi connectivity index (χ2n) is 4.43. The molecule has 98 valence electrons. The van der Waals surface area contributed by atoms with Gasteiger partial charge in [0, 0.05) is 11.4 Å². The van der Waals surface area contributed by atoms with Crippen molar-refractivity contribution in [2.24, 2.45) is 0 Å². The maximum atomic E-state index is 12.6. The standard InChI is InChI=1S/C14H10Cl2O2S/c1-7-6-19-14(11(7)16)12(17)10-5-9(15)4-8-2-3-18-13(8)10/h4-6H,2-3H2,1H3. The summed E-state index contributed by atoms with van der Waals surface area (Å²) >= 11 is 13.6. The number of halogens is 2. The molecule has 0 saturated carbocycles. The van der Waals surface area contributed by atoms with E-state index in [2.05, 4.69) is 0 Å². The molecule has 0 saturated heterocycles. The van der Waals surface area contributed by atoms with E-state index in [1.807, 2.05) is 18.4 Å². The van der Waals surface area contributed by atoms with E-state index in [-0.39, 0.29) is 5.78 Å². The Morgan fingerprint density at radius 2 is 2.16 bits per heavy atom. The Labute approximate surface area is 124 Å². The third-order valence-corrected chi connectivity index (χ3v) is 5.01. The van der Waals surface area contributed by atoms with Crippen molar-refractivity contribution in [2.45, 2.75) is 13.3 Å². The van der Waals surface area contributed by atoms with Gasteiger partial charge < -0.3 is 4.74 Å². The molecular weight excluding hydrogens is 303 g/mol. The van der Waals surface area contributed by atoms with Crippen molar-refractivity contribution >= 4 is 40.3 Å². The molecule has 0 unspecified atom stereocenters. The van der Waals surface area contributed by atoms with Crippen LogP contribution in [-0.2, 0) is 6.42 Å². The van der Waals surface area contributed by atoms with Crippen molar-refractivity contribution in [1.82, 2.24) is 0 Å². The molecule has 19 heavy (non-hydrogen) atoms. The Morgan fingerprint density at radius 1 is 1.37 bits per heavy atom. The average Bonchev–Trinajstić information content (AvgIpc) is 2.96. The number of carbonyl (C=O) groups is 1.